The molecule has 0 aliphatic heterocycles. The summed E-state index contributed by atoms with van der Waals surface area (Å²) in [6.07, 6.45) is 6.10. The van der Waals surface area contributed by atoms with Gasteiger partial charge in [0, 0.05) is 11.8 Å². The van der Waals surface area contributed by atoms with Crippen molar-refractivity contribution in [1.29, 1.82) is 0 Å². The molecular weight excluding hydrogens is 330 g/mol. The highest BCUT2D eigenvalue weighted by Crippen LogP contribution is 2.20. The summed E-state index contributed by atoms with van der Waals surface area (Å²) in [4.78, 5) is 24.7. The van der Waals surface area contributed by atoms with Gasteiger partial charge in [-0.25, -0.2) is 10.4 Å². The first kappa shape index (κ1) is 17.2. The first-order valence-corrected chi connectivity index (χ1v) is 8.06. The molecule has 3 aromatic rings. The van der Waals surface area contributed by atoms with E-state index in [0.717, 1.165) is 11.3 Å². The summed E-state index contributed by atoms with van der Waals surface area (Å²) >= 11 is 0. The van der Waals surface area contributed by atoms with E-state index in [4.69, 9.17) is 4.74 Å². The zero-order valence-electron chi connectivity index (χ0n) is 14.2. The molecule has 1 N–H and O–H groups in total. The Bertz CT molecular complexity index is 895. The van der Waals surface area contributed by atoms with Crippen LogP contribution in [0.15, 0.2) is 66.2 Å². The van der Waals surface area contributed by atoms with Crippen molar-refractivity contribution in [2.24, 2.45) is 5.10 Å². The van der Waals surface area contributed by atoms with Gasteiger partial charge in [-0.1, -0.05) is 6.07 Å². The number of carbonyl (C=O) groups excluding carboxylic acids is 1. The lowest BCUT2D eigenvalue weighted by Crippen LogP contribution is -2.19. The zero-order chi connectivity index (χ0) is 18.2. The van der Waals surface area contributed by atoms with Crippen LogP contribution in [0, 0.1) is 0 Å². The minimum Gasteiger partial charge on any atom is -0.494 e. The van der Waals surface area contributed by atoms with E-state index in [0.29, 0.717) is 18.0 Å². The van der Waals surface area contributed by atoms with E-state index in [1.807, 2.05) is 37.3 Å². The highest BCUT2D eigenvalue weighted by Gasteiger charge is 2.09. The van der Waals surface area contributed by atoms with Gasteiger partial charge < -0.3 is 4.74 Å². The van der Waals surface area contributed by atoms with Crippen molar-refractivity contribution in [3.63, 3.8) is 0 Å². The molecule has 0 fully saturated rings. The minimum absolute atomic E-state index is 0.176. The summed E-state index contributed by atoms with van der Waals surface area (Å²) in [5.41, 5.74) is 4.67. The SMILES string of the molecule is CCOc1ccc(-c2cncc(C(=O)NN=Cc3ccccn3)n2)cc1. The third kappa shape index (κ3) is 4.47. The van der Waals surface area contributed by atoms with Crippen molar-refractivity contribution < 1.29 is 9.53 Å². The van der Waals surface area contributed by atoms with Gasteiger partial charge in [0.25, 0.3) is 5.91 Å². The lowest BCUT2D eigenvalue weighted by Gasteiger charge is -2.05. The van der Waals surface area contributed by atoms with Crippen LogP contribution in [0.2, 0.25) is 0 Å². The quantitative estimate of drug-likeness (QED) is 0.547. The average molecular weight is 347 g/mol. The minimum atomic E-state index is -0.447. The molecule has 1 aromatic carbocycles. The van der Waals surface area contributed by atoms with Crippen molar-refractivity contribution >= 4 is 12.1 Å². The molecular formula is C19H17N5O2. The van der Waals surface area contributed by atoms with Gasteiger partial charge in [-0.05, 0) is 43.3 Å². The number of nitrogens with zero attached hydrogens (tertiary/aromatic N) is 4. The van der Waals surface area contributed by atoms with E-state index in [1.54, 1.807) is 24.5 Å². The smallest absolute Gasteiger partial charge is 0.291 e. The van der Waals surface area contributed by atoms with E-state index in [2.05, 4.69) is 25.5 Å². The predicted octanol–water partition coefficient (Wildman–Crippen LogP) is 2.70. The number of hydrogen-bond acceptors (Lipinski definition) is 6. The Morgan fingerprint density at radius 2 is 2.04 bits per heavy atom. The Labute approximate surface area is 150 Å². The molecule has 2 heterocycles. The number of carbonyl (C=O) groups is 1. The third-order valence-electron chi connectivity index (χ3n) is 3.38. The summed E-state index contributed by atoms with van der Waals surface area (Å²) in [5, 5.41) is 3.88. The predicted molar refractivity (Wildman–Crippen MR) is 97.9 cm³/mol. The first-order chi connectivity index (χ1) is 12.8. The largest absolute Gasteiger partial charge is 0.494 e. The average Bonchev–Trinajstić information content (AvgIpc) is 2.70. The molecule has 0 unspecified atom stereocenters. The number of hydrogen-bond donors (Lipinski definition) is 1. The molecule has 0 atom stereocenters. The number of benzene rings is 1. The van der Waals surface area contributed by atoms with Crippen LogP contribution in [0.5, 0.6) is 5.75 Å². The molecule has 0 spiro atoms. The molecule has 130 valence electrons. The van der Waals surface area contributed by atoms with Crippen molar-refractivity contribution in [3.8, 4) is 17.0 Å². The molecule has 2 aromatic heterocycles. The lowest BCUT2D eigenvalue weighted by atomic mass is 10.1. The number of aromatic nitrogens is 3. The molecule has 26 heavy (non-hydrogen) atoms. The fourth-order valence-corrected chi connectivity index (χ4v) is 2.17. The highest BCUT2D eigenvalue weighted by molar-refractivity contribution is 5.93. The maximum Gasteiger partial charge on any atom is 0.291 e. The topological polar surface area (TPSA) is 89.4 Å². The Kier molecular flexibility index (Phi) is 5.61. The number of hydrazone groups is 1. The van der Waals surface area contributed by atoms with Gasteiger partial charge in [-0.3, -0.25) is 14.8 Å². The van der Waals surface area contributed by atoms with Gasteiger partial charge in [-0.15, -0.1) is 0 Å². The van der Waals surface area contributed by atoms with E-state index < -0.39 is 5.91 Å². The van der Waals surface area contributed by atoms with Gasteiger partial charge >= 0.3 is 0 Å². The van der Waals surface area contributed by atoms with Crippen LogP contribution < -0.4 is 10.2 Å². The van der Waals surface area contributed by atoms with E-state index >= 15 is 0 Å². The fraction of sp³-hybridized carbons (Fsp3) is 0.105. The van der Waals surface area contributed by atoms with Crippen LogP contribution in [0.3, 0.4) is 0 Å². The standard InChI is InChI=1S/C19H17N5O2/c1-2-26-16-8-6-14(7-9-16)17-12-20-13-18(23-17)19(25)24-22-11-15-5-3-4-10-21-15/h3-13H,2H2,1H3,(H,24,25). The van der Waals surface area contributed by atoms with Gasteiger partial charge in [0.15, 0.2) is 0 Å². The lowest BCUT2D eigenvalue weighted by molar-refractivity contribution is 0.0950. The second-order valence-corrected chi connectivity index (χ2v) is 5.20. The van der Waals surface area contributed by atoms with Gasteiger partial charge in [0.1, 0.15) is 11.4 Å². The van der Waals surface area contributed by atoms with Crippen LogP contribution >= 0.6 is 0 Å². The monoisotopic (exact) mass is 347 g/mol. The van der Waals surface area contributed by atoms with Crippen molar-refractivity contribution in [2.75, 3.05) is 6.61 Å². The van der Waals surface area contributed by atoms with Gasteiger partial charge in [-0.2, -0.15) is 5.10 Å². The van der Waals surface area contributed by atoms with Crippen LogP contribution in [0.25, 0.3) is 11.3 Å². The van der Waals surface area contributed by atoms with Crippen LogP contribution in [0.1, 0.15) is 23.1 Å². The third-order valence-corrected chi connectivity index (χ3v) is 3.38. The molecule has 0 bridgehead atoms. The second kappa shape index (κ2) is 8.48. The molecule has 7 nitrogen and oxygen atoms in total. The Balaban J connectivity index is 1.70. The molecule has 0 saturated carbocycles. The van der Waals surface area contributed by atoms with Crippen molar-refractivity contribution in [2.45, 2.75) is 6.92 Å². The number of rotatable bonds is 6. The molecule has 1 amide bonds. The van der Waals surface area contributed by atoms with Gasteiger partial charge in [0.2, 0.25) is 0 Å². The number of pyridine rings is 1. The highest BCUT2D eigenvalue weighted by atomic mass is 16.5. The molecule has 3 rings (SSSR count). The van der Waals surface area contributed by atoms with E-state index in [-0.39, 0.29) is 5.69 Å². The number of nitrogens with one attached hydrogen (secondary N) is 1. The molecule has 0 saturated heterocycles. The Morgan fingerprint density at radius 3 is 2.77 bits per heavy atom. The summed E-state index contributed by atoms with van der Waals surface area (Å²) in [7, 11) is 0. The van der Waals surface area contributed by atoms with Crippen LogP contribution in [-0.4, -0.2) is 33.7 Å². The summed E-state index contributed by atoms with van der Waals surface area (Å²) in [6, 6.07) is 12.9. The normalized spacial score (nSPS) is 10.7. The maximum atomic E-state index is 12.2. The van der Waals surface area contributed by atoms with Gasteiger partial charge in [0.05, 0.1) is 36.6 Å². The summed E-state index contributed by atoms with van der Waals surface area (Å²) in [6.45, 7) is 2.53. The van der Waals surface area contributed by atoms with Crippen molar-refractivity contribution in [3.05, 3.63) is 72.4 Å². The van der Waals surface area contributed by atoms with Crippen molar-refractivity contribution in [1.82, 2.24) is 20.4 Å². The fourth-order valence-electron chi connectivity index (χ4n) is 2.17. The second-order valence-electron chi connectivity index (χ2n) is 5.20. The number of ether oxygens (including phenoxy) is 1. The Hall–Kier alpha value is -3.61. The number of amides is 1. The molecule has 0 aliphatic carbocycles. The van der Waals surface area contributed by atoms with E-state index in [1.165, 1.54) is 12.4 Å². The molecule has 7 heteroatoms. The molecule has 0 radical (unpaired) electrons. The first-order valence-electron chi connectivity index (χ1n) is 8.06. The molecule has 0 aliphatic rings. The summed E-state index contributed by atoms with van der Waals surface area (Å²) < 4.78 is 5.42. The van der Waals surface area contributed by atoms with Crippen LogP contribution in [0.4, 0.5) is 0 Å². The maximum absolute atomic E-state index is 12.2. The Morgan fingerprint density at radius 1 is 1.19 bits per heavy atom. The zero-order valence-corrected chi connectivity index (χ0v) is 14.2. The van der Waals surface area contributed by atoms with Crippen LogP contribution in [-0.2, 0) is 0 Å². The summed E-state index contributed by atoms with van der Waals surface area (Å²) in [5.74, 6) is 0.333. The van der Waals surface area contributed by atoms with E-state index in [9.17, 15) is 4.79 Å².